The molecule has 2 heteroatoms. The van der Waals surface area contributed by atoms with Gasteiger partial charge in [-0.2, -0.15) is 0 Å². The van der Waals surface area contributed by atoms with Crippen LogP contribution in [0.5, 0.6) is 0 Å². The minimum Gasteiger partial charge on any atom is -0.300 e. The average Bonchev–Trinajstić information content (AvgIpc) is 2.42. The maximum atomic E-state index is 11.5. The van der Waals surface area contributed by atoms with Crippen LogP contribution < -0.4 is 0 Å². The van der Waals surface area contributed by atoms with Gasteiger partial charge in [0.25, 0.3) is 0 Å². The molecule has 0 aliphatic carbocycles. The van der Waals surface area contributed by atoms with Gasteiger partial charge in [0.05, 0.1) is 0 Å². The predicted molar refractivity (Wildman–Crippen MR) is 85.0 cm³/mol. The summed E-state index contributed by atoms with van der Waals surface area (Å²) in [6, 6.07) is 8.11. The van der Waals surface area contributed by atoms with Crippen LogP contribution in [0.15, 0.2) is 24.3 Å². The number of hydrogen-bond acceptors (Lipinski definition) is 2. The van der Waals surface area contributed by atoms with Crippen molar-refractivity contribution in [1.82, 2.24) is 0 Å². The quantitative estimate of drug-likeness (QED) is 0.740. The lowest BCUT2D eigenvalue weighted by Crippen LogP contribution is -2.06. The molecule has 0 bridgehead atoms. The van der Waals surface area contributed by atoms with E-state index < -0.39 is 0 Å². The Balaban J connectivity index is 0.00000172. The van der Waals surface area contributed by atoms with Crippen LogP contribution in [-0.4, -0.2) is 11.6 Å². The molecule has 2 nitrogen and oxygen atoms in total. The summed E-state index contributed by atoms with van der Waals surface area (Å²) in [4.78, 5) is 22.4. The number of rotatable bonds is 7. The Hall–Kier alpha value is -1.44. The summed E-state index contributed by atoms with van der Waals surface area (Å²) < 4.78 is 0. The molecule has 0 aliphatic rings. The van der Waals surface area contributed by atoms with Gasteiger partial charge in [-0.25, -0.2) is 0 Å². The van der Waals surface area contributed by atoms with Crippen molar-refractivity contribution in [1.29, 1.82) is 0 Å². The Morgan fingerprint density at radius 1 is 1.00 bits per heavy atom. The molecular formula is C18H28O2. The molecule has 1 aromatic rings. The molecule has 0 unspecified atom stereocenters. The van der Waals surface area contributed by atoms with Crippen LogP contribution >= 0.6 is 0 Å². The van der Waals surface area contributed by atoms with Crippen LogP contribution in [0, 0.1) is 5.92 Å². The lowest BCUT2D eigenvalue weighted by atomic mass is 10.00. The molecule has 0 N–H and O–H groups in total. The first-order valence-corrected chi connectivity index (χ1v) is 7.59. The van der Waals surface area contributed by atoms with Gasteiger partial charge in [-0.3, -0.25) is 9.59 Å². The van der Waals surface area contributed by atoms with Crippen molar-refractivity contribution in [2.24, 2.45) is 5.92 Å². The van der Waals surface area contributed by atoms with Gasteiger partial charge >= 0.3 is 0 Å². The van der Waals surface area contributed by atoms with E-state index in [9.17, 15) is 9.59 Å². The fraction of sp³-hybridized carbons (Fsp3) is 0.556. The average molecular weight is 276 g/mol. The Labute approximate surface area is 123 Å². The van der Waals surface area contributed by atoms with Crippen LogP contribution in [0.4, 0.5) is 0 Å². The van der Waals surface area contributed by atoms with Gasteiger partial charge in [0.2, 0.25) is 0 Å². The molecule has 0 atom stereocenters. The summed E-state index contributed by atoms with van der Waals surface area (Å²) in [7, 11) is 0. The van der Waals surface area contributed by atoms with Crippen molar-refractivity contribution < 1.29 is 9.59 Å². The van der Waals surface area contributed by atoms with E-state index in [1.807, 2.05) is 39.8 Å². The topological polar surface area (TPSA) is 34.1 Å². The SMILES string of the molecule is CC.CC(=O)Cc1ccc(CCCC(=O)C(C)C)cc1. The van der Waals surface area contributed by atoms with Crippen LogP contribution in [-0.2, 0) is 22.4 Å². The minimum atomic E-state index is 0.142. The highest BCUT2D eigenvalue weighted by Gasteiger charge is 2.06. The zero-order valence-corrected chi connectivity index (χ0v) is 13.5. The van der Waals surface area contributed by atoms with Gasteiger partial charge < -0.3 is 0 Å². The summed E-state index contributed by atoms with van der Waals surface area (Å²) in [6.07, 6.45) is 3.00. The van der Waals surface area contributed by atoms with Crippen molar-refractivity contribution in [3.8, 4) is 0 Å². The second-order valence-electron chi connectivity index (χ2n) is 5.17. The molecule has 1 rings (SSSR count). The van der Waals surface area contributed by atoms with E-state index in [1.165, 1.54) is 5.56 Å². The van der Waals surface area contributed by atoms with E-state index >= 15 is 0 Å². The fourth-order valence-corrected chi connectivity index (χ4v) is 1.87. The van der Waals surface area contributed by atoms with E-state index in [0.717, 1.165) is 18.4 Å². The summed E-state index contributed by atoms with van der Waals surface area (Å²) in [6.45, 7) is 9.49. The van der Waals surface area contributed by atoms with Gasteiger partial charge in [0.15, 0.2) is 0 Å². The molecule has 0 saturated heterocycles. The number of carbonyl (C=O) groups excluding carboxylic acids is 2. The van der Waals surface area contributed by atoms with E-state index in [2.05, 4.69) is 12.1 Å². The molecule has 0 radical (unpaired) electrons. The number of hydrogen-bond donors (Lipinski definition) is 0. The van der Waals surface area contributed by atoms with Gasteiger partial charge in [0, 0.05) is 18.8 Å². The first-order valence-electron chi connectivity index (χ1n) is 7.59. The molecule has 0 fully saturated rings. The zero-order chi connectivity index (χ0) is 15.5. The molecule has 0 saturated carbocycles. The van der Waals surface area contributed by atoms with Gasteiger partial charge in [-0.05, 0) is 30.9 Å². The van der Waals surface area contributed by atoms with Crippen molar-refractivity contribution in [3.63, 3.8) is 0 Å². The van der Waals surface area contributed by atoms with E-state index in [-0.39, 0.29) is 11.7 Å². The molecule has 0 heterocycles. The molecule has 0 aliphatic heterocycles. The fourth-order valence-electron chi connectivity index (χ4n) is 1.87. The third-order valence-electron chi connectivity index (χ3n) is 3.01. The van der Waals surface area contributed by atoms with Gasteiger partial charge in [0.1, 0.15) is 11.6 Å². The van der Waals surface area contributed by atoms with E-state index in [4.69, 9.17) is 0 Å². The Kier molecular flexibility index (Phi) is 9.61. The van der Waals surface area contributed by atoms with Crippen LogP contribution in [0.1, 0.15) is 58.6 Å². The van der Waals surface area contributed by atoms with Crippen molar-refractivity contribution in [2.75, 3.05) is 0 Å². The molecule has 112 valence electrons. The van der Waals surface area contributed by atoms with E-state index in [0.29, 0.717) is 18.6 Å². The maximum absolute atomic E-state index is 11.5. The van der Waals surface area contributed by atoms with E-state index in [1.54, 1.807) is 6.92 Å². The number of benzene rings is 1. The lowest BCUT2D eigenvalue weighted by molar-refractivity contribution is -0.122. The Morgan fingerprint density at radius 2 is 1.50 bits per heavy atom. The summed E-state index contributed by atoms with van der Waals surface area (Å²) >= 11 is 0. The van der Waals surface area contributed by atoms with Crippen LogP contribution in [0.25, 0.3) is 0 Å². The summed E-state index contributed by atoms with van der Waals surface area (Å²) in [5.74, 6) is 0.663. The predicted octanol–water partition coefficient (Wildman–Crippen LogP) is 4.39. The second kappa shape index (κ2) is 10.4. The molecule has 20 heavy (non-hydrogen) atoms. The first-order chi connectivity index (χ1) is 9.49. The second-order valence-corrected chi connectivity index (χ2v) is 5.17. The molecule has 0 amide bonds. The minimum absolute atomic E-state index is 0.142. The Bertz CT molecular complexity index is 402. The first kappa shape index (κ1) is 18.6. The highest BCUT2D eigenvalue weighted by atomic mass is 16.1. The molecule has 0 spiro atoms. The maximum Gasteiger partial charge on any atom is 0.135 e. The third-order valence-corrected chi connectivity index (χ3v) is 3.01. The highest BCUT2D eigenvalue weighted by Crippen LogP contribution is 2.10. The highest BCUT2D eigenvalue weighted by molar-refractivity contribution is 5.80. The van der Waals surface area contributed by atoms with Crippen molar-refractivity contribution in [3.05, 3.63) is 35.4 Å². The summed E-state index contributed by atoms with van der Waals surface area (Å²) in [5.41, 5.74) is 2.29. The monoisotopic (exact) mass is 276 g/mol. The Morgan fingerprint density at radius 3 is 1.95 bits per heavy atom. The standard InChI is InChI=1S/C16H22O2.C2H6/c1-12(2)16(18)6-4-5-14-7-9-15(10-8-14)11-13(3)17;1-2/h7-10,12H,4-6,11H2,1-3H3;1-2H3. The molecule has 1 aromatic carbocycles. The number of Topliss-reactive ketones (excluding diaryl/α,β-unsaturated/α-hetero) is 2. The third kappa shape index (κ3) is 7.88. The van der Waals surface area contributed by atoms with Gasteiger partial charge in [-0.15, -0.1) is 0 Å². The number of aryl methyl sites for hydroxylation is 1. The molecular weight excluding hydrogens is 248 g/mol. The van der Waals surface area contributed by atoms with Crippen LogP contribution in [0.2, 0.25) is 0 Å². The zero-order valence-electron chi connectivity index (χ0n) is 13.5. The lowest BCUT2D eigenvalue weighted by Gasteiger charge is -2.05. The normalized spacial score (nSPS) is 9.90. The van der Waals surface area contributed by atoms with Crippen molar-refractivity contribution in [2.45, 2.75) is 60.3 Å². The smallest absolute Gasteiger partial charge is 0.135 e. The van der Waals surface area contributed by atoms with Gasteiger partial charge in [-0.1, -0.05) is 52.0 Å². The molecule has 0 aromatic heterocycles. The number of carbonyl (C=O) groups is 2. The number of ketones is 2. The van der Waals surface area contributed by atoms with Crippen molar-refractivity contribution >= 4 is 11.6 Å². The largest absolute Gasteiger partial charge is 0.300 e. The van der Waals surface area contributed by atoms with Crippen LogP contribution in [0.3, 0.4) is 0 Å². The summed E-state index contributed by atoms with van der Waals surface area (Å²) in [5, 5.41) is 0.